The van der Waals surface area contributed by atoms with E-state index < -0.39 is 16.2 Å². The summed E-state index contributed by atoms with van der Waals surface area (Å²) >= 11 is 0. The summed E-state index contributed by atoms with van der Waals surface area (Å²) in [6, 6.07) is 17.1. The highest BCUT2D eigenvalue weighted by molar-refractivity contribution is 7.90. The summed E-state index contributed by atoms with van der Waals surface area (Å²) in [6.45, 7) is 1.77. The zero-order valence-electron chi connectivity index (χ0n) is 22.2. The van der Waals surface area contributed by atoms with E-state index in [9.17, 15) is 21.6 Å². The molecule has 0 fully saturated rings. The van der Waals surface area contributed by atoms with Crippen LogP contribution in [0.5, 0.6) is 5.75 Å². The van der Waals surface area contributed by atoms with Gasteiger partial charge < -0.3 is 24.6 Å². The van der Waals surface area contributed by atoms with E-state index in [2.05, 4.69) is 15.0 Å². The minimum absolute atomic E-state index is 0.125. The SMILES string of the molecule is COCC(=N)/C=C\Nc1ccc(-c2cccc(S(C)(=O)=O)c2)cc1-c1oc(C)nc1-c1ccc(OC(F)(F)F)cc1. The van der Waals surface area contributed by atoms with E-state index in [1.807, 2.05) is 0 Å². The van der Waals surface area contributed by atoms with Gasteiger partial charge in [-0.05, 0) is 65.7 Å². The molecule has 0 atom stereocenters. The molecule has 0 aliphatic rings. The van der Waals surface area contributed by atoms with Crippen molar-refractivity contribution < 1.29 is 35.5 Å². The van der Waals surface area contributed by atoms with Gasteiger partial charge in [-0.3, -0.25) is 0 Å². The van der Waals surface area contributed by atoms with Crippen LogP contribution in [-0.4, -0.2) is 45.4 Å². The van der Waals surface area contributed by atoms with Gasteiger partial charge in [0.1, 0.15) is 11.4 Å². The Bertz CT molecular complexity index is 1700. The molecule has 0 unspecified atom stereocenters. The first-order chi connectivity index (χ1) is 19.3. The molecule has 4 aromatic rings. The van der Waals surface area contributed by atoms with E-state index >= 15 is 0 Å². The van der Waals surface area contributed by atoms with Crippen LogP contribution in [-0.2, 0) is 14.6 Å². The van der Waals surface area contributed by atoms with Crippen LogP contribution in [0.2, 0.25) is 0 Å². The van der Waals surface area contributed by atoms with Crippen LogP contribution in [0.4, 0.5) is 18.9 Å². The number of halogens is 3. The molecule has 8 nitrogen and oxygen atoms in total. The van der Waals surface area contributed by atoms with Crippen LogP contribution >= 0.6 is 0 Å². The lowest BCUT2D eigenvalue weighted by atomic mass is 9.98. The summed E-state index contributed by atoms with van der Waals surface area (Å²) in [5.74, 6) is 0.274. The predicted molar refractivity (Wildman–Crippen MR) is 150 cm³/mol. The van der Waals surface area contributed by atoms with Gasteiger partial charge in [0, 0.05) is 43.3 Å². The maximum Gasteiger partial charge on any atom is 0.573 e. The first kappa shape index (κ1) is 29.6. The van der Waals surface area contributed by atoms with Gasteiger partial charge in [0.25, 0.3) is 0 Å². The lowest BCUT2D eigenvalue weighted by Gasteiger charge is -2.13. The van der Waals surface area contributed by atoms with Crippen LogP contribution in [0.25, 0.3) is 33.7 Å². The van der Waals surface area contributed by atoms with Crippen LogP contribution in [0.3, 0.4) is 0 Å². The lowest BCUT2D eigenvalue weighted by Crippen LogP contribution is -2.16. The second-order valence-corrected chi connectivity index (χ2v) is 11.0. The van der Waals surface area contributed by atoms with Crippen LogP contribution in [0.1, 0.15) is 5.89 Å². The van der Waals surface area contributed by atoms with Crippen LogP contribution < -0.4 is 10.1 Å². The Morgan fingerprint density at radius 2 is 1.73 bits per heavy atom. The molecule has 0 radical (unpaired) electrons. The van der Waals surface area contributed by atoms with Crippen molar-refractivity contribution in [2.24, 2.45) is 0 Å². The van der Waals surface area contributed by atoms with Crippen molar-refractivity contribution in [3.63, 3.8) is 0 Å². The molecule has 0 amide bonds. The molecule has 214 valence electrons. The zero-order chi connectivity index (χ0) is 29.8. The Morgan fingerprint density at radius 3 is 2.39 bits per heavy atom. The van der Waals surface area contributed by atoms with Crippen molar-refractivity contribution in [3.05, 3.63) is 84.9 Å². The number of nitrogens with one attached hydrogen (secondary N) is 2. The molecule has 41 heavy (non-hydrogen) atoms. The summed E-state index contributed by atoms with van der Waals surface area (Å²) in [5, 5.41) is 11.0. The van der Waals surface area contributed by atoms with Crippen molar-refractivity contribution >= 4 is 21.2 Å². The Kier molecular flexibility index (Phi) is 8.64. The third kappa shape index (κ3) is 7.62. The number of methoxy groups -OCH3 is 1. The van der Waals surface area contributed by atoms with Gasteiger partial charge in [-0.25, -0.2) is 13.4 Å². The van der Waals surface area contributed by atoms with Gasteiger partial charge in [0.05, 0.1) is 17.2 Å². The number of aromatic nitrogens is 1. The first-order valence-corrected chi connectivity index (χ1v) is 14.0. The van der Waals surface area contributed by atoms with E-state index in [0.29, 0.717) is 45.3 Å². The second-order valence-electron chi connectivity index (χ2n) is 8.98. The first-order valence-electron chi connectivity index (χ1n) is 12.1. The van der Waals surface area contributed by atoms with E-state index in [1.165, 1.54) is 43.5 Å². The minimum atomic E-state index is -4.82. The highest BCUT2D eigenvalue weighted by atomic mass is 32.2. The minimum Gasteiger partial charge on any atom is -0.440 e. The summed E-state index contributed by atoms with van der Waals surface area (Å²) < 4.78 is 77.2. The normalized spacial score (nSPS) is 12.0. The van der Waals surface area contributed by atoms with E-state index in [-0.39, 0.29) is 23.0 Å². The van der Waals surface area contributed by atoms with Gasteiger partial charge in [0.2, 0.25) is 0 Å². The monoisotopic (exact) mass is 585 g/mol. The Labute approximate surface area is 234 Å². The van der Waals surface area contributed by atoms with Gasteiger partial charge >= 0.3 is 6.36 Å². The van der Waals surface area contributed by atoms with E-state index in [1.54, 1.807) is 49.5 Å². The highest BCUT2D eigenvalue weighted by Gasteiger charge is 2.31. The third-order valence-corrected chi connectivity index (χ3v) is 6.89. The number of aryl methyl sites for hydroxylation is 1. The quantitative estimate of drug-likeness (QED) is 0.195. The fraction of sp³-hybridized carbons (Fsp3) is 0.172. The maximum absolute atomic E-state index is 12.6. The van der Waals surface area contributed by atoms with Crippen molar-refractivity contribution in [1.82, 2.24) is 4.98 Å². The Hall–Kier alpha value is -4.42. The van der Waals surface area contributed by atoms with Crippen molar-refractivity contribution in [2.45, 2.75) is 18.2 Å². The maximum atomic E-state index is 12.6. The molecule has 2 N–H and O–H groups in total. The Morgan fingerprint density at radius 1 is 1.05 bits per heavy atom. The van der Waals surface area contributed by atoms with Crippen molar-refractivity contribution in [2.75, 3.05) is 25.3 Å². The van der Waals surface area contributed by atoms with Crippen LogP contribution in [0.15, 0.2) is 88.3 Å². The Balaban J connectivity index is 1.82. The largest absolute Gasteiger partial charge is 0.573 e. The number of rotatable bonds is 10. The molecule has 4 rings (SSSR count). The number of alkyl halides is 3. The summed E-state index contributed by atoms with van der Waals surface area (Å²) in [7, 11) is -1.96. The molecule has 0 saturated carbocycles. The molecule has 0 aliphatic heterocycles. The highest BCUT2D eigenvalue weighted by Crippen LogP contribution is 2.40. The molecule has 1 heterocycles. The van der Waals surface area contributed by atoms with Gasteiger partial charge in [-0.1, -0.05) is 18.2 Å². The molecule has 3 aromatic carbocycles. The van der Waals surface area contributed by atoms with Gasteiger partial charge in [-0.15, -0.1) is 13.2 Å². The average Bonchev–Trinajstić information content (AvgIpc) is 3.29. The van der Waals surface area contributed by atoms with E-state index in [4.69, 9.17) is 14.6 Å². The van der Waals surface area contributed by atoms with Gasteiger partial charge in [0.15, 0.2) is 21.5 Å². The third-order valence-electron chi connectivity index (χ3n) is 5.78. The number of oxazole rings is 1. The number of nitrogens with zero attached hydrogens (tertiary/aromatic N) is 1. The number of hydrogen-bond acceptors (Lipinski definition) is 8. The molecule has 12 heteroatoms. The molecule has 1 aromatic heterocycles. The number of anilines is 1. The lowest BCUT2D eigenvalue weighted by molar-refractivity contribution is -0.274. The molecule has 0 bridgehead atoms. The number of ether oxygens (including phenoxy) is 2. The predicted octanol–water partition coefficient (Wildman–Crippen LogP) is 6.88. The van der Waals surface area contributed by atoms with Crippen molar-refractivity contribution in [3.8, 4) is 39.5 Å². The average molecular weight is 586 g/mol. The van der Waals surface area contributed by atoms with E-state index in [0.717, 1.165) is 6.26 Å². The topological polar surface area (TPSA) is 115 Å². The molecular formula is C29H26F3N3O5S. The summed E-state index contributed by atoms with van der Waals surface area (Å²) in [4.78, 5) is 4.64. The summed E-state index contributed by atoms with van der Waals surface area (Å²) in [5.41, 5.74) is 3.53. The van der Waals surface area contributed by atoms with Gasteiger partial charge in [-0.2, -0.15) is 0 Å². The fourth-order valence-electron chi connectivity index (χ4n) is 4.00. The summed E-state index contributed by atoms with van der Waals surface area (Å²) in [6.07, 6.45) is -0.592. The zero-order valence-corrected chi connectivity index (χ0v) is 23.1. The fourth-order valence-corrected chi connectivity index (χ4v) is 4.67. The smallest absolute Gasteiger partial charge is 0.440 e. The molecule has 0 spiro atoms. The number of hydrogen-bond donors (Lipinski definition) is 2. The number of benzene rings is 3. The molecule has 0 aliphatic carbocycles. The second kappa shape index (κ2) is 12.0. The van der Waals surface area contributed by atoms with Crippen molar-refractivity contribution in [1.29, 1.82) is 5.41 Å². The van der Waals surface area contributed by atoms with Crippen LogP contribution in [0, 0.1) is 12.3 Å². The molecular weight excluding hydrogens is 559 g/mol. The number of sulfone groups is 1. The standard InChI is InChI=1S/C29H26F3N3O5S/c1-18-35-27(19-7-10-23(11-8-19)40-29(30,31)32)28(39-18)25-16-21(20-5-4-6-24(15-20)41(3,36)37)9-12-26(25)34-14-13-22(33)17-38-2/h4-16,33-34H,17H2,1-3H3/b14-13-,33-22?. The molecule has 0 saturated heterocycles.